The molecular weight excluding hydrogens is 792 g/mol. The molecule has 3 unspecified atom stereocenters. The molecule has 0 spiro atoms. The second kappa shape index (κ2) is 43.7. The number of nitrogens with zero attached hydrogens (tertiary/aromatic N) is 1. The lowest BCUT2D eigenvalue weighted by atomic mass is 10.1. The summed E-state index contributed by atoms with van der Waals surface area (Å²) in [5, 5.41) is 13.8. The molecular formula is C53H94N2O6P+. The van der Waals surface area contributed by atoms with Gasteiger partial charge in [0.05, 0.1) is 39.9 Å². The Morgan fingerprint density at radius 2 is 0.984 bits per heavy atom. The van der Waals surface area contributed by atoms with E-state index < -0.39 is 20.0 Å². The Balaban J connectivity index is 4.50. The summed E-state index contributed by atoms with van der Waals surface area (Å²) in [5.74, 6) is -0.214. The zero-order chi connectivity index (χ0) is 45.7. The second-order valence-electron chi connectivity index (χ2n) is 17.4. The van der Waals surface area contributed by atoms with E-state index in [0.717, 1.165) is 96.3 Å². The van der Waals surface area contributed by atoms with Crippen LogP contribution in [0.15, 0.2) is 97.2 Å². The van der Waals surface area contributed by atoms with Crippen LogP contribution >= 0.6 is 7.82 Å². The number of carbonyl (C=O) groups is 1. The van der Waals surface area contributed by atoms with Crippen LogP contribution in [0.3, 0.4) is 0 Å². The maximum Gasteiger partial charge on any atom is 0.472 e. The number of aliphatic hydroxyl groups excluding tert-OH is 1. The lowest BCUT2D eigenvalue weighted by Crippen LogP contribution is -2.45. The Labute approximate surface area is 381 Å². The van der Waals surface area contributed by atoms with Crippen molar-refractivity contribution < 1.29 is 32.9 Å². The Bertz CT molecular complexity index is 1330. The van der Waals surface area contributed by atoms with Gasteiger partial charge in [-0.05, 0) is 89.9 Å². The van der Waals surface area contributed by atoms with Gasteiger partial charge in [-0.3, -0.25) is 13.8 Å². The third-order valence-electron chi connectivity index (χ3n) is 10.3. The van der Waals surface area contributed by atoms with Gasteiger partial charge in [0.1, 0.15) is 13.2 Å². The maximum absolute atomic E-state index is 12.9. The van der Waals surface area contributed by atoms with E-state index in [2.05, 4.69) is 104 Å². The normalized spacial score (nSPS) is 15.0. The molecule has 1 amide bonds. The fraction of sp³-hybridized carbons (Fsp3) is 0.679. The molecule has 9 heteroatoms. The van der Waals surface area contributed by atoms with Gasteiger partial charge in [0.15, 0.2) is 0 Å². The summed E-state index contributed by atoms with van der Waals surface area (Å²) >= 11 is 0. The van der Waals surface area contributed by atoms with Crippen molar-refractivity contribution in [3.05, 3.63) is 97.2 Å². The smallest absolute Gasteiger partial charge is 0.387 e. The molecule has 0 rings (SSSR count). The van der Waals surface area contributed by atoms with Gasteiger partial charge >= 0.3 is 7.82 Å². The highest BCUT2D eigenvalue weighted by Gasteiger charge is 2.27. The van der Waals surface area contributed by atoms with Crippen molar-refractivity contribution in [3.8, 4) is 0 Å². The van der Waals surface area contributed by atoms with Crippen LogP contribution in [-0.2, 0) is 18.4 Å². The molecule has 62 heavy (non-hydrogen) atoms. The minimum absolute atomic E-state index is 0.0439. The number of unbranched alkanes of at least 4 members (excludes halogenated alkanes) is 16. The molecule has 0 aromatic heterocycles. The second-order valence-corrected chi connectivity index (χ2v) is 18.9. The van der Waals surface area contributed by atoms with Gasteiger partial charge in [-0.15, -0.1) is 0 Å². The van der Waals surface area contributed by atoms with Crippen LogP contribution in [0.1, 0.15) is 181 Å². The third-order valence-corrected chi connectivity index (χ3v) is 11.2. The molecule has 0 radical (unpaired) electrons. The van der Waals surface area contributed by atoms with Crippen LogP contribution in [-0.4, -0.2) is 73.4 Å². The lowest BCUT2D eigenvalue weighted by Gasteiger charge is -2.25. The molecule has 0 bridgehead atoms. The molecule has 3 N–H and O–H groups in total. The average molecular weight is 886 g/mol. The number of phosphoric ester groups is 1. The van der Waals surface area contributed by atoms with E-state index in [1.54, 1.807) is 6.08 Å². The Morgan fingerprint density at radius 1 is 0.565 bits per heavy atom. The summed E-state index contributed by atoms with van der Waals surface area (Å²) in [4.78, 5) is 23.2. The molecule has 3 atom stereocenters. The van der Waals surface area contributed by atoms with Gasteiger partial charge in [0, 0.05) is 6.42 Å². The number of hydrogen-bond donors (Lipinski definition) is 3. The number of carbonyl (C=O) groups excluding carboxylic acids is 1. The molecule has 0 aromatic rings. The SMILES string of the molecule is CC/C=C\C/C=C\C/C=C\C/C=C\C/C=C\CCCCCCCC(=O)NC(COP(=O)(O)OCC[N+](C)(C)C)C(O)/C=C/CC/C=C/CC/C=C/CCCCCCCCCCC. The molecule has 0 aliphatic carbocycles. The van der Waals surface area contributed by atoms with Crippen LogP contribution in [0.5, 0.6) is 0 Å². The maximum atomic E-state index is 12.9. The van der Waals surface area contributed by atoms with Crippen molar-refractivity contribution in [1.29, 1.82) is 0 Å². The van der Waals surface area contributed by atoms with Gasteiger partial charge < -0.3 is 19.8 Å². The van der Waals surface area contributed by atoms with Crippen molar-refractivity contribution in [2.75, 3.05) is 40.9 Å². The van der Waals surface area contributed by atoms with Crippen LogP contribution in [0.2, 0.25) is 0 Å². The number of amides is 1. The number of quaternary nitrogens is 1. The first-order valence-corrected chi connectivity index (χ1v) is 26.1. The van der Waals surface area contributed by atoms with Gasteiger partial charge in [-0.1, -0.05) is 182 Å². The highest BCUT2D eigenvalue weighted by atomic mass is 31.2. The monoisotopic (exact) mass is 886 g/mol. The number of likely N-dealkylation sites (N-methyl/N-ethyl adjacent to an activating group) is 1. The average Bonchev–Trinajstić information content (AvgIpc) is 3.23. The van der Waals surface area contributed by atoms with E-state index in [1.165, 1.54) is 64.2 Å². The van der Waals surface area contributed by atoms with Crippen molar-refractivity contribution in [3.63, 3.8) is 0 Å². The predicted molar refractivity (Wildman–Crippen MR) is 267 cm³/mol. The van der Waals surface area contributed by atoms with E-state index >= 15 is 0 Å². The summed E-state index contributed by atoms with van der Waals surface area (Å²) in [5.41, 5.74) is 0. The number of aliphatic hydroxyl groups is 1. The number of allylic oxidation sites excluding steroid dienone is 15. The highest BCUT2D eigenvalue weighted by molar-refractivity contribution is 7.47. The largest absolute Gasteiger partial charge is 0.472 e. The van der Waals surface area contributed by atoms with Gasteiger partial charge in [0.2, 0.25) is 5.91 Å². The topological polar surface area (TPSA) is 105 Å². The number of hydrogen-bond acceptors (Lipinski definition) is 5. The van der Waals surface area contributed by atoms with Gasteiger partial charge in [-0.25, -0.2) is 4.57 Å². The summed E-state index contributed by atoms with van der Waals surface area (Å²) in [6, 6.07) is -0.887. The fourth-order valence-electron chi connectivity index (χ4n) is 6.39. The first-order valence-electron chi connectivity index (χ1n) is 24.6. The third kappa shape index (κ3) is 45.4. The summed E-state index contributed by atoms with van der Waals surface area (Å²) in [7, 11) is 1.51. The van der Waals surface area contributed by atoms with Crippen molar-refractivity contribution in [2.45, 2.75) is 193 Å². The minimum atomic E-state index is -4.37. The Morgan fingerprint density at radius 3 is 1.48 bits per heavy atom. The molecule has 0 aliphatic heterocycles. The molecule has 0 aromatic carbocycles. The Kier molecular flexibility index (Phi) is 41.8. The first kappa shape index (κ1) is 59.4. The van der Waals surface area contributed by atoms with E-state index in [1.807, 2.05) is 27.2 Å². The van der Waals surface area contributed by atoms with Gasteiger partial charge in [0.25, 0.3) is 0 Å². The van der Waals surface area contributed by atoms with Crippen LogP contribution < -0.4 is 5.32 Å². The number of rotatable bonds is 43. The van der Waals surface area contributed by atoms with E-state index in [-0.39, 0.29) is 19.1 Å². The van der Waals surface area contributed by atoms with Crippen LogP contribution in [0, 0.1) is 0 Å². The minimum Gasteiger partial charge on any atom is -0.387 e. The van der Waals surface area contributed by atoms with Gasteiger partial charge in [-0.2, -0.15) is 0 Å². The Hall–Kier alpha value is -2.58. The zero-order valence-electron chi connectivity index (χ0n) is 40.3. The lowest BCUT2D eigenvalue weighted by molar-refractivity contribution is -0.870. The molecule has 0 aliphatic rings. The molecule has 356 valence electrons. The number of nitrogens with one attached hydrogen (secondary N) is 1. The first-order chi connectivity index (χ1) is 30.0. The van der Waals surface area contributed by atoms with Crippen molar-refractivity contribution in [2.24, 2.45) is 0 Å². The molecule has 0 heterocycles. The molecule has 0 saturated carbocycles. The van der Waals surface area contributed by atoms with Crippen LogP contribution in [0.4, 0.5) is 0 Å². The molecule has 8 nitrogen and oxygen atoms in total. The zero-order valence-corrected chi connectivity index (χ0v) is 41.2. The van der Waals surface area contributed by atoms with Crippen molar-refractivity contribution >= 4 is 13.7 Å². The highest BCUT2D eigenvalue weighted by Crippen LogP contribution is 2.43. The summed E-state index contributed by atoms with van der Waals surface area (Å²) in [6.45, 7) is 4.63. The molecule has 0 fully saturated rings. The molecule has 0 saturated heterocycles. The fourth-order valence-corrected chi connectivity index (χ4v) is 7.13. The van der Waals surface area contributed by atoms with E-state index in [9.17, 15) is 19.4 Å². The van der Waals surface area contributed by atoms with E-state index in [4.69, 9.17) is 9.05 Å². The number of phosphoric acid groups is 1. The van der Waals surface area contributed by atoms with E-state index in [0.29, 0.717) is 17.4 Å². The van der Waals surface area contributed by atoms with Crippen LogP contribution in [0.25, 0.3) is 0 Å². The quantitative estimate of drug-likeness (QED) is 0.0244. The summed E-state index contributed by atoms with van der Waals surface area (Å²) < 4.78 is 23.6. The predicted octanol–water partition coefficient (Wildman–Crippen LogP) is 14.3. The summed E-state index contributed by atoms with van der Waals surface area (Å²) in [6.07, 6.45) is 62.0. The standard InChI is InChI=1S/C53H93N2O6P/c1-6-8-10-12-14-16-18-20-22-24-26-27-29-31-33-35-37-39-41-43-45-47-53(57)54-51(50-61-62(58,59)60-49-48-55(3,4)5)52(56)46-44-42-40-38-36-34-32-30-28-25-23-21-19-17-15-13-11-9-7-2/h8,10,14,16,20,22,26-28,30-31,33,36,38,44,46,51-52,56H,6-7,9,11-13,15,17-19,21,23-25,29,32,34-35,37,39-43,45,47-50H2,1-5H3,(H-,54,57,58,59)/p+1/b10-8-,16-14-,22-20-,27-26-,30-28+,33-31-,38-36+,46-44+. The van der Waals surface area contributed by atoms with Crippen molar-refractivity contribution in [1.82, 2.24) is 5.32 Å².